The Hall–Kier alpha value is -3.52. The van der Waals surface area contributed by atoms with Gasteiger partial charge in [-0.05, 0) is 54.3 Å². The predicted octanol–water partition coefficient (Wildman–Crippen LogP) is 5.63. The molecule has 0 bridgehead atoms. The van der Waals surface area contributed by atoms with E-state index in [1.807, 2.05) is 23.2 Å². The molecule has 0 radical (unpaired) electrons. The van der Waals surface area contributed by atoms with Crippen LogP contribution in [0.2, 0.25) is 0 Å². The molecule has 2 fully saturated rings. The van der Waals surface area contributed by atoms with E-state index in [9.17, 15) is 4.79 Å². The first kappa shape index (κ1) is 26.7. The molecule has 1 aromatic carbocycles. The molecule has 0 spiro atoms. The second-order valence-electron chi connectivity index (χ2n) is 11.9. The van der Waals surface area contributed by atoms with Gasteiger partial charge in [0.05, 0.1) is 0 Å². The van der Waals surface area contributed by atoms with E-state index in [2.05, 4.69) is 69.3 Å². The third-order valence-corrected chi connectivity index (χ3v) is 8.57. The van der Waals surface area contributed by atoms with Crippen molar-refractivity contribution in [3.8, 4) is 0 Å². The van der Waals surface area contributed by atoms with Crippen LogP contribution in [0.1, 0.15) is 64.0 Å². The summed E-state index contributed by atoms with van der Waals surface area (Å²) in [6, 6.07) is 10.8. The second kappa shape index (κ2) is 11.9. The molecule has 1 N–H and O–H groups in total. The lowest BCUT2D eigenvalue weighted by Crippen LogP contribution is -2.45. The van der Waals surface area contributed by atoms with Crippen molar-refractivity contribution in [3.05, 3.63) is 64.8 Å². The summed E-state index contributed by atoms with van der Waals surface area (Å²) >= 11 is 0. The first-order chi connectivity index (χ1) is 19.6. The maximum atomic E-state index is 14.2. The number of piperazine rings is 1. The van der Waals surface area contributed by atoms with Gasteiger partial charge in [0, 0.05) is 80.4 Å². The van der Waals surface area contributed by atoms with Gasteiger partial charge in [-0.1, -0.05) is 45.2 Å². The number of hydrogen-bond donors (Lipinski definition) is 1. The lowest BCUT2D eigenvalue weighted by Gasteiger charge is -2.36. The van der Waals surface area contributed by atoms with Crippen molar-refractivity contribution in [3.63, 3.8) is 0 Å². The molecule has 210 valence electrons. The van der Waals surface area contributed by atoms with Crippen LogP contribution in [0.3, 0.4) is 0 Å². The first-order valence-corrected chi connectivity index (χ1v) is 15.0. The molecular formula is C32H41N7O. The van der Waals surface area contributed by atoms with Crippen molar-refractivity contribution in [1.29, 1.82) is 0 Å². The topological polar surface area (TPSA) is 79.2 Å². The molecule has 3 aromatic heterocycles. The van der Waals surface area contributed by atoms with E-state index in [0.29, 0.717) is 11.9 Å². The minimum atomic E-state index is 0.0885. The van der Waals surface area contributed by atoms with Gasteiger partial charge in [0.1, 0.15) is 5.65 Å². The van der Waals surface area contributed by atoms with Crippen LogP contribution in [0.25, 0.3) is 21.8 Å². The minimum absolute atomic E-state index is 0.0885. The summed E-state index contributed by atoms with van der Waals surface area (Å²) in [5.41, 5.74) is 3.28. The Kier molecular flexibility index (Phi) is 7.96. The third-order valence-electron chi connectivity index (χ3n) is 8.57. The Balaban J connectivity index is 1.30. The van der Waals surface area contributed by atoms with E-state index in [0.717, 1.165) is 93.2 Å². The summed E-state index contributed by atoms with van der Waals surface area (Å²) in [5.74, 6) is 1.22. The molecule has 0 amide bonds. The largest absolute Gasteiger partial charge is 0.369 e. The molecule has 8 nitrogen and oxygen atoms in total. The van der Waals surface area contributed by atoms with Gasteiger partial charge in [-0.3, -0.25) is 19.2 Å². The van der Waals surface area contributed by atoms with Gasteiger partial charge >= 0.3 is 0 Å². The van der Waals surface area contributed by atoms with Gasteiger partial charge in [0.15, 0.2) is 0 Å². The molecule has 1 saturated heterocycles. The van der Waals surface area contributed by atoms with Crippen molar-refractivity contribution < 1.29 is 0 Å². The highest BCUT2D eigenvalue weighted by Crippen LogP contribution is 2.32. The number of pyridine rings is 2. The van der Waals surface area contributed by atoms with Gasteiger partial charge in [0.25, 0.3) is 5.56 Å². The molecule has 1 aliphatic heterocycles. The SMILES string of the molecule is CC(C)CCNc1ncc2c3ccc(CN4CCN(c5ccncc5)CC4)cc3c(=O)n(C3CCCCC3)c2n1. The Morgan fingerprint density at radius 1 is 0.950 bits per heavy atom. The molecular weight excluding hydrogens is 498 g/mol. The summed E-state index contributed by atoms with van der Waals surface area (Å²) in [7, 11) is 0. The zero-order valence-electron chi connectivity index (χ0n) is 23.9. The Bertz CT molecular complexity index is 1500. The van der Waals surface area contributed by atoms with Crippen molar-refractivity contribution in [2.75, 3.05) is 42.9 Å². The lowest BCUT2D eigenvalue weighted by atomic mass is 9.94. The van der Waals surface area contributed by atoms with Crippen LogP contribution in [-0.2, 0) is 6.54 Å². The molecule has 1 aliphatic carbocycles. The summed E-state index contributed by atoms with van der Waals surface area (Å²) in [6.07, 6.45) is 12.3. The molecule has 8 heteroatoms. The molecule has 2 aliphatic rings. The van der Waals surface area contributed by atoms with Crippen LogP contribution in [0, 0.1) is 5.92 Å². The van der Waals surface area contributed by atoms with Crippen LogP contribution in [0.4, 0.5) is 11.6 Å². The zero-order chi connectivity index (χ0) is 27.5. The number of rotatable bonds is 8. The van der Waals surface area contributed by atoms with E-state index in [1.54, 1.807) is 0 Å². The Labute approximate surface area is 236 Å². The second-order valence-corrected chi connectivity index (χ2v) is 11.9. The minimum Gasteiger partial charge on any atom is -0.369 e. The van der Waals surface area contributed by atoms with Crippen LogP contribution in [0.15, 0.2) is 53.7 Å². The van der Waals surface area contributed by atoms with Crippen LogP contribution in [-0.4, -0.2) is 57.1 Å². The van der Waals surface area contributed by atoms with Crippen LogP contribution in [0.5, 0.6) is 0 Å². The number of nitrogens with zero attached hydrogens (tertiary/aromatic N) is 6. The molecule has 6 rings (SSSR count). The van der Waals surface area contributed by atoms with Gasteiger partial charge in [-0.15, -0.1) is 0 Å². The number of aromatic nitrogens is 4. The van der Waals surface area contributed by atoms with Crippen molar-refractivity contribution in [2.24, 2.45) is 5.92 Å². The van der Waals surface area contributed by atoms with Gasteiger partial charge in [-0.25, -0.2) is 4.98 Å². The van der Waals surface area contributed by atoms with E-state index in [1.165, 1.54) is 17.7 Å². The van der Waals surface area contributed by atoms with Crippen LogP contribution < -0.4 is 15.8 Å². The number of nitrogens with one attached hydrogen (secondary N) is 1. The monoisotopic (exact) mass is 539 g/mol. The summed E-state index contributed by atoms with van der Waals surface area (Å²) in [5, 5.41) is 6.09. The van der Waals surface area contributed by atoms with E-state index in [-0.39, 0.29) is 11.6 Å². The normalized spacial score (nSPS) is 17.2. The van der Waals surface area contributed by atoms with Crippen molar-refractivity contribution in [1.82, 2.24) is 24.4 Å². The van der Waals surface area contributed by atoms with Crippen molar-refractivity contribution in [2.45, 2.75) is 65.0 Å². The predicted molar refractivity (Wildman–Crippen MR) is 163 cm³/mol. The number of benzene rings is 1. The Morgan fingerprint density at radius 2 is 1.73 bits per heavy atom. The fourth-order valence-corrected chi connectivity index (χ4v) is 6.29. The maximum absolute atomic E-state index is 14.2. The molecule has 4 heterocycles. The number of fused-ring (bicyclic) bond motifs is 3. The fourth-order valence-electron chi connectivity index (χ4n) is 6.29. The van der Waals surface area contributed by atoms with Gasteiger partial charge in [0.2, 0.25) is 5.95 Å². The molecule has 0 unspecified atom stereocenters. The highest BCUT2D eigenvalue weighted by molar-refractivity contribution is 6.04. The van der Waals surface area contributed by atoms with Crippen LogP contribution >= 0.6 is 0 Å². The molecule has 1 saturated carbocycles. The number of hydrogen-bond acceptors (Lipinski definition) is 7. The highest BCUT2D eigenvalue weighted by Gasteiger charge is 2.23. The molecule has 40 heavy (non-hydrogen) atoms. The summed E-state index contributed by atoms with van der Waals surface area (Å²) in [4.78, 5) is 32.8. The van der Waals surface area contributed by atoms with Crippen molar-refractivity contribution >= 4 is 33.4 Å². The first-order valence-electron chi connectivity index (χ1n) is 15.0. The number of anilines is 2. The molecule has 0 atom stereocenters. The molecule has 4 aromatic rings. The van der Waals surface area contributed by atoms with E-state index in [4.69, 9.17) is 4.98 Å². The Morgan fingerprint density at radius 3 is 2.48 bits per heavy atom. The maximum Gasteiger partial charge on any atom is 0.260 e. The van der Waals surface area contributed by atoms with Gasteiger partial charge < -0.3 is 10.2 Å². The summed E-state index contributed by atoms with van der Waals surface area (Å²) in [6.45, 7) is 10.1. The fraction of sp³-hybridized carbons (Fsp3) is 0.500. The average Bonchev–Trinajstić information content (AvgIpc) is 2.98. The van der Waals surface area contributed by atoms with E-state index >= 15 is 0 Å². The van der Waals surface area contributed by atoms with Gasteiger partial charge in [-0.2, -0.15) is 4.98 Å². The third kappa shape index (κ3) is 5.68. The average molecular weight is 540 g/mol. The highest BCUT2D eigenvalue weighted by atomic mass is 16.1. The standard InChI is InChI=1S/C32H41N7O/c1-23(2)10-15-34-32-35-21-29-27-9-8-24(22-37-16-18-38(19-17-37)25-11-13-33-14-12-25)20-28(27)31(40)39(30(29)36-32)26-6-4-3-5-7-26/h8-9,11-14,20-21,23,26H,3-7,10,15-19,22H2,1-2H3,(H,34,35,36). The lowest BCUT2D eigenvalue weighted by molar-refractivity contribution is 0.250. The summed E-state index contributed by atoms with van der Waals surface area (Å²) < 4.78 is 2.00. The zero-order valence-corrected chi connectivity index (χ0v) is 23.9. The quantitative estimate of drug-likeness (QED) is 0.291. The smallest absolute Gasteiger partial charge is 0.260 e. The van der Waals surface area contributed by atoms with E-state index < -0.39 is 0 Å².